The monoisotopic (exact) mass is 272 g/mol. The largest absolute Gasteiger partial charge is 0.480 e. The summed E-state index contributed by atoms with van der Waals surface area (Å²) in [5, 5.41) is 12.8. The molecule has 3 rings (SSSR count). The summed E-state index contributed by atoms with van der Waals surface area (Å²) in [4.78, 5) is 23.2. The molecular weight excluding hydrogens is 256 g/mol. The zero-order valence-corrected chi connectivity index (χ0v) is 11.2. The maximum Gasteiger partial charge on any atom is 0.329 e. The van der Waals surface area contributed by atoms with Gasteiger partial charge in [-0.2, -0.15) is 0 Å². The third kappa shape index (κ3) is 2.05. The van der Waals surface area contributed by atoms with Gasteiger partial charge in [0.15, 0.2) is 0 Å². The molecule has 0 unspecified atom stereocenters. The number of carboxylic acid groups (broad SMARTS) is 1. The molecule has 2 aromatic rings. The molecule has 1 heterocycles. The minimum absolute atomic E-state index is 0.147. The van der Waals surface area contributed by atoms with Gasteiger partial charge in [-0.25, -0.2) is 4.79 Å². The molecule has 1 fully saturated rings. The van der Waals surface area contributed by atoms with Crippen LogP contribution in [0.1, 0.15) is 18.5 Å². The summed E-state index contributed by atoms with van der Waals surface area (Å²) < 4.78 is 1.91. The van der Waals surface area contributed by atoms with Crippen LogP contribution in [0.5, 0.6) is 0 Å². The number of para-hydroxylation sites is 1. The van der Waals surface area contributed by atoms with Crippen molar-refractivity contribution in [3.8, 4) is 0 Å². The topological polar surface area (TPSA) is 71.3 Å². The summed E-state index contributed by atoms with van der Waals surface area (Å²) in [6, 6.07) is 9.86. The van der Waals surface area contributed by atoms with Crippen LogP contribution in [0.15, 0.2) is 30.3 Å². The number of hydrogen-bond acceptors (Lipinski definition) is 2. The van der Waals surface area contributed by atoms with Crippen LogP contribution in [0.3, 0.4) is 0 Å². The molecule has 0 radical (unpaired) electrons. The highest BCUT2D eigenvalue weighted by Crippen LogP contribution is 2.35. The number of rotatable bonds is 4. The molecule has 0 saturated heterocycles. The molecule has 1 aromatic carbocycles. The van der Waals surface area contributed by atoms with E-state index >= 15 is 0 Å². The first kappa shape index (κ1) is 12.7. The van der Waals surface area contributed by atoms with Gasteiger partial charge in [0, 0.05) is 11.2 Å². The molecule has 1 aliphatic carbocycles. The highest BCUT2D eigenvalue weighted by molar-refractivity contribution is 5.90. The number of aryl methyl sites for hydroxylation is 1. The first-order valence-electron chi connectivity index (χ1n) is 6.61. The van der Waals surface area contributed by atoms with E-state index in [-0.39, 0.29) is 12.5 Å². The molecule has 2 N–H and O–H groups in total. The Morgan fingerprint density at radius 1 is 1.35 bits per heavy atom. The van der Waals surface area contributed by atoms with Gasteiger partial charge in [0.1, 0.15) is 12.1 Å². The van der Waals surface area contributed by atoms with Crippen LogP contribution in [-0.4, -0.2) is 27.1 Å². The second-order valence-electron chi connectivity index (χ2n) is 5.37. The van der Waals surface area contributed by atoms with Crippen LogP contribution in [0, 0.1) is 6.92 Å². The Kier molecular flexibility index (Phi) is 2.78. The van der Waals surface area contributed by atoms with Crippen LogP contribution < -0.4 is 5.32 Å². The zero-order valence-electron chi connectivity index (χ0n) is 11.2. The van der Waals surface area contributed by atoms with Crippen molar-refractivity contribution in [2.24, 2.45) is 0 Å². The number of carbonyl (C=O) groups excluding carboxylic acids is 1. The quantitative estimate of drug-likeness (QED) is 0.889. The minimum Gasteiger partial charge on any atom is -0.480 e. The molecule has 5 nitrogen and oxygen atoms in total. The number of amides is 1. The van der Waals surface area contributed by atoms with Gasteiger partial charge in [-0.3, -0.25) is 4.79 Å². The van der Waals surface area contributed by atoms with E-state index in [0.29, 0.717) is 12.8 Å². The lowest BCUT2D eigenvalue weighted by atomic mass is 10.2. The number of carboxylic acids is 1. The van der Waals surface area contributed by atoms with Crippen LogP contribution in [0.25, 0.3) is 10.9 Å². The van der Waals surface area contributed by atoms with Gasteiger partial charge in [0.05, 0.1) is 0 Å². The van der Waals surface area contributed by atoms with Gasteiger partial charge in [0.25, 0.3) is 0 Å². The fraction of sp³-hybridized carbons (Fsp3) is 0.333. The van der Waals surface area contributed by atoms with E-state index in [4.69, 9.17) is 5.11 Å². The summed E-state index contributed by atoms with van der Waals surface area (Å²) in [6.45, 7) is 2.09. The minimum atomic E-state index is -1.02. The first-order valence-corrected chi connectivity index (χ1v) is 6.61. The summed E-state index contributed by atoms with van der Waals surface area (Å²) in [5.74, 6) is -1.20. The molecule has 1 aliphatic rings. The first-order chi connectivity index (χ1) is 9.52. The maximum atomic E-state index is 12.1. The van der Waals surface area contributed by atoms with Crippen LogP contribution in [0.4, 0.5) is 0 Å². The average molecular weight is 272 g/mol. The molecular formula is C15H16N2O3. The Hall–Kier alpha value is -2.30. The fourth-order valence-electron chi connectivity index (χ4n) is 2.53. The van der Waals surface area contributed by atoms with Gasteiger partial charge in [-0.15, -0.1) is 0 Å². The molecule has 1 aromatic heterocycles. The Morgan fingerprint density at radius 2 is 2.05 bits per heavy atom. The van der Waals surface area contributed by atoms with E-state index in [9.17, 15) is 9.59 Å². The van der Waals surface area contributed by atoms with Crippen molar-refractivity contribution in [2.45, 2.75) is 31.8 Å². The molecule has 0 spiro atoms. The fourth-order valence-corrected chi connectivity index (χ4v) is 2.53. The number of nitrogens with zero attached hydrogens (tertiary/aromatic N) is 1. The standard InChI is InChI=1S/C15H16N2O3/c1-10-8-11-4-2-3-5-12(11)17(10)9-13(18)16-15(6-7-15)14(19)20/h2-5,8H,6-7,9H2,1H3,(H,16,18)(H,19,20). The predicted octanol–water partition coefficient (Wildman–Crippen LogP) is 1.68. The van der Waals surface area contributed by atoms with E-state index < -0.39 is 11.5 Å². The number of aliphatic carboxylic acids is 1. The highest BCUT2D eigenvalue weighted by atomic mass is 16.4. The summed E-state index contributed by atoms with van der Waals surface area (Å²) in [6.07, 6.45) is 1.03. The van der Waals surface area contributed by atoms with Crippen molar-refractivity contribution in [3.05, 3.63) is 36.0 Å². The summed E-state index contributed by atoms with van der Waals surface area (Å²) in [7, 11) is 0. The molecule has 0 atom stereocenters. The van der Waals surface area contributed by atoms with Gasteiger partial charge in [-0.1, -0.05) is 18.2 Å². The van der Waals surface area contributed by atoms with Crippen molar-refractivity contribution in [1.82, 2.24) is 9.88 Å². The van der Waals surface area contributed by atoms with Crippen LogP contribution >= 0.6 is 0 Å². The highest BCUT2D eigenvalue weighted by Gasteiger charge is 2.51. The molecule has 0 aliphatic heterocycles. The molecule has 0 bridgehead atoms. The van der Waals surface area contributed by atoms with Gasteiger partial charge in [-0.05, 0) is 37.3 Å². The normalized spacial score (nSPS) is 16.1. The molecule has 104 valence electrons. The van der Waals surface area contributed by atoms with Crippen molar-refractivity contribution in [2.75, 3.05) is 0 Å². The molecule has 1 amide bonds. The number of fused-ring (bicyclic) bond motifs is 1. The lowest BCUT2D eigenvalue weighted by Crippen LogP contribution is -2.44. The smallest absolute Gasteiger partial charge is 0.329 e. The lowest BCUT2D eigenvalue weighted by Gasteiger charge is -2.14. The van der Waals surface area contributed by atoms with E-state index in [1.54, 1.807) is 0 Å². The van der Waals surface area contributed by atoms with Gasteiger partial charge in [0.2, 0.25) is 5.91 Å². The van der Waals surface area contributed by atoms with E-state index in [0.717, 1.165) is 16.6 Å². The Morgan fingerprint density at radius 3 is 2.70 bits per heavy atom. The van der Waals surface area contributed by atoms with Crippen LogP contribution in [0.2, 0.25) is 0 Å². The zero-order chi connectivity index (χ0) is 14.3. The Bertz CT molecular complexity index is 698. The van der Waals surface area contributed by atoms with Crippen molar-refractivity contribution in [3.63, 3.8) is 0 Å². The van der Waals surface area contributed by atoms with Gasteiger partial charge >= 0.3 is 5.97 Å². The second-order valence-corrected chi connectivity index (χ2v) is 5.37. The van der Waals surface area contributed by atoms with E-state index in [1.165, 1.54) is 0 Å². The summed E-state index contributed by atoms with van der Waals surface area (Å²) >= 11 is 0. The number of benzene rings is 1. The third-order valence-electron chi connectivity index (χ3n) is 3.86. The molecule has 5 heteroatoms. The average Bonchev–Trinajstić information content (AvgIpc) is 3.11. The van der Waals surface area contributed by atoms with E-state index in [1.807, 2.05) is 41.8 Å². The molecule has 1 saturated carbocycles. The number of nitrogens with one attached hydrogen (secondary N) is 1. The third-order valence-corrected chi connectivity index (χ3v) is 3.86. The van der Waals surface area contributed by atoms with Crippen molar-refractivity contribution >= 4 is 22.8 Å². The molecule has 20 heavy (non-hydrogen) atoms. The number of carbonyl (C=O) groups is 2. The van der Waals surface area contributed by atoms with Crippen molar-refractivity contribution < 1.29 is 14.7 Å². The summed E-state index contributed by atoms with van der Waals surface area (Å²) in [5.41, 5.74) is 0.954. The van der Waals surface area contributed by atoms with E-state index in [2.05, 4.69) is 5.32 Å². The maximum absolute atomic E-state index is 12.1. The SMILES string of the molecule is Cc1cc2ccccc2n1CC(=O)NC1(C(=O)O)CC1. The number of hydrogen-bond donors (Lipinski definition) is 2. The Balaban J connectivity index is 1.81. The van der Waals surface area contributed by atoms with Gasteiger partial charge < -0.3 is 15.0 Å². The predicted molar refractivity (Wildman–Crippen MR) is 74.4 cm³/mol. The Labute approximate surface area is 116 Å². The second kappa shape index (κ2) is 4.37. The lowest BCUT2D eigenvalue weighted by molar-refractivity contribution is -0.143. The number of aromatic nitrogens is 1. The van der Waals surface area contributed by atoms with Crippen molar-refractivity contribution in [1.29, 1.82) is 0 Å². The van der Waals surface area contributed by atoms with Crippen LogP contribution in [-0.2, 0) is 16.1 Å².